The summed E-state index contributed by atoms with van der Waals surface area (Å²) in [5.74, 6) is -0.145. The second-order valence-corrected chi connectivity index (χ2v) is 7.92. The van der Waals surface area contributed by atoms with Crippen molar-refractivity contribution in [2.45, 2.75) is 12.3 Å². The number of carbonyl (C=O) groups is 2. The van der Waals surface area contributed by atoms with Crippen LogP contribution in [-0.4, -0.2) is 41.8 Å². The molecule has 0 unspecified atom stereocenters. The lowest BCUT2D eigenvalue weighted by Gasteiger charge is -2.20. The highest BCUT2D eigenvalue weighted by molar-refractivity contribution is 6.07. The summed E-state index contributed by atoms with van der Waals surface area (Å²) in [5, 5.41) is 3.84. The SMILES string of the molecule is CN(CC(=O)NCCC(c1ccccc1)c1ccccc1)C(=O)c1c[nH]c2ccccc12. The van der Waals surface area contributed by atoms with E-state index in [1.807, 2.05) is 60.7 Å². The van der Waals surface area contributed by atoms with Crippen molar-refractivity contribution in [2.24, 2.45) is 0 Å². The Bertz CT molecular complexity index is 1150. The molecule has 32 heavy (non-hydrogen) atoms. The number of H-pyrrole nitrogens is 1. The summed E-state index contributed by atoms with van der Waals surface area (Å²) >= 11 is 0. The van der Waals surface area contributed by atoms with E-state index in [1.54, 1.807) is 13.2 Å². The number of para-hydroxylation sites is 1. The van der Waals surface area contributed by atoms with Crippen LogP contribution in [0.2, 0.25) is 0 Å². The van der Waals surface area contributed by atoms with Gasteiger partial charge in [0.2, 0.25) is 5.91 Å². The fourth-order valence-corrected chi connectivity index (χ4v) is 4.05. The Kier molecular flexibility index (Phi) is 6.66. The molecular weight excluding hydrogens is 398 g/mol. The molecule has 2 N–H and O–H groups in total. The van der Waals surface area contributed by atoms with E-state index < -0.39 is 0 Å². The van der Waals surface area contributed by atoms with Gasteiger partial charge in [0.05, 0.1) is 12.1 Å². The van der Waals surface area contributed by atoms with Crippen LogP contribution in [0.4, 0.5) is 0 Å². The third kappa shape index (κ3) is 4.89. The molecule has 3 aromatic carbocycles. The monoisotopic (exact) mass is 425 g/mol. The summed E-state index contributed by atoms with van der Waals surface area (Å²) in [6, 6.07) is 28.3. The van der Waals surface area contributed by atoms with Gasteiger partial charge in [0.15, 0.2) is 0 Å². The van der Waals surface area contributed by atoms with Crippen molar-refractivity contribution in [1.82, 2.24) is 15.2 Å². The van der Waals surface area contributed by atoms with Gasteiger partial charge in [-0.3, -0.25) is 9.59 Å². The molecule has 4 rings (SSSR count). The van der Waals surface area contributed by atoms with Crippen LogP contribution in [0.5, 0.6) is 0 Å². The normalized spacial score (nSPS) is 10.9. The molecule has 4 aromatic rings. The van der Waals surface area contributed by atoms with Crippen molar-refractivity contribution < 1.29 is 9.59 Å². The summed E-state index contributed by atoms with van der Waals surface area (Å²) in [5.41, 5.74) is 3.92. The van der Waals surface area contributed by atoms with Crippen molar-refractivity contribution in [3.8, 4) is 0 Å². The van der Waals surface area contributed by atoms with E-state index in [9.17, 15) is 9.59 Å². The highest BCUT2D eigenvalue weighted by atomic mass is 16.2. The van der Waals surface area contributed by atoms with Gasteiger partial charge in [-0.25, -0.2) is 0 Å². The fraction of sp³-hybridized carbons (Fsp3) is 0.185. The number of aromatic nitrogens is 1. The molecule has 0 aliphatic carbocycles. The molecular formula is C27H27N3O2. The predicted molar refractivity (Wildman–Crippen MR) is 128 cm³/mol. The van der Waals surface area contributed by atoms with Crippen molar-refractivity contribution >= 4 is 22.7 Å². The number of carbonyl (C=O) groups excluding carboxylic acids is 2. The maximum absolute atomic E-state index is 12.8. The van der Waals surface area contributed by atoms with Gasteiger partial charge in [0, 0.05) is 36.6 Å². The van der Waals surface area contributed by atoms with Crippen LogP contribution >= 0.6 is 0 Å². The fourth-order valence-electron chi connectivity index (χ4n) is 4.05. The van der Waals surface area contributed by atoms with Gasteiger partial charge in [0.1, 0.15) is 0 Å². The number of rotatable bonds is 8. The third-order valence-corrected chi connectivity index (χ3v) is 5.71. The van der Waals surface area contributed by atoms with Crippen molar-refractivity contribution in [1.29, 1.82) is 0 Å². The van der Waals surface area contributed by atoms with E-state index in [1.165, 1.54) is 16.0 Å². The van der Waals surface area contributed by atoms with E-state index in [0.717, 1.165) is 17.3 Å². The van der Waals surface area contributed by atoms with Gasteiger partial charge in [-0.2, -0.15) is 0 Å². The van der Waals surface area contributed by atoms with E-state index >= 15 is 0 Å². The maximum atomic E-state index is 12.8. The van der Waals surface area contributed by atoms with Gasteiger partial charge in [-0.05, 0) is 23.6 Å². The topological polar surface area (TPSA) is 65.2 Å². The van der Waals surface area contributed by atoms with Gasteiger partial charge >= 0.3 is 0 Å². The van der Waals surface area contributed by atoms with Crippen LogP contribution in [0.1, 0.15) is 33.8 Å². The van der Waals surface area contributed by atoms with Crippen molar-refractivity contribution in [2.75, 3.05) is 20.1 Å². The highest BCUT2D eigenvalue weighted by Crippen LogP contribution is 2.27. The molecule has 0 fully saturated rings. The van der Waals surface area contributed by atoms with Gasteiger partial charge < -0.3 is 15.2 Å². The maximum Gasteiger partial charge on any atom is 0.256 e. The first-order valence-electron chi connectivity index (χ1n) is 10.8. The lowest BCUT2D eigenvalue weighted by atomic mass is 9.88. The summed E-state index contributed by atoms with van der Waals surface area (Å²) in [4.78, 5) is 29.9. The second kappa shape index (κ2) is 9.96. The van der Waals surface area contributed by atoms with E-state index in [4.69, 9.17) is 0 Å². The van der Waals surface area contributed by atoms with Crippen LogP contribution in [0.25, 0.3) is 10.9 Å². The number of nitrogens with one attached hydrogen (secondary N) is 2. The Balaban J connectivity index is 1.35. The molecule has 0 spiro atoms. The average molecular weight is 426 g/mol. The van der Waals surface area contributed by atoms with Gasteiger partial charge in [-0.1, -0.05) is 78.9 Å². The van der Waals surface area contributed by atoms with Crippen molar-refractivity contribution in [3.05, 3.63) is 108 Å². The zero-order valence-corrected chi connectivity index (χ0v) is 18.1. The van der Waals surface area contributed by atoms with E-state index in [-0.39, 0.29) is 24.3 Å². The largest absolute Gasteiger partial charge is 0.360 e. The predicted octanol–water partition coefficient (Wildman–Crippen LogP) is 4.58. The molecule has 2 amide bonds. The zero-order chi connectivity index (χ0) is 22.3. The summed E-state index contributed by atoms with van der Waals surface area (Å²) in [6.45, 7) is 0.544. The average Bonchev–Trinajstić information content (AvgIpc) is 3.26. The van der Waals surface area contributed by atoms with E-state index in [2.05, 4.69) is 34.6 Å². The summed E-state index contributed by atoms with van der Waals surface area (Å²) in [7, 11) is 1.65. The van der Waals surface area contributed by atoms with Crippen LogP contribution in [0, 0.1) is 0 Å². The molecule has 162 valence electrons. The Labute approximate surface area is 188 Å². The minimum Gasteiger partial charge on any atom is -0.360 e. The molecule has 0 saturated heterocycles. The molecule has 1 heterocycles. The number of aromatic amines is 1. The third-order valence-electron chi connectivity index (χ3n) is 5.71. The molecule has 0 radical (unpaired) electrons. The molecule has 1 aromatic heterocycles. The second-order valence-electron chi connectivity index (χ2n) is 7.92. The smallest absolute Gasteiger partial charge is 0.256 e. The van der Waals surface area contributed by atoms with Crippen LogP contribution in [0.3, 0.4) is 0 Å². The minimum absolute atomic E-state index is 0.0136. The molecule has 0 aliphatic heterocycles. The summed E-state index contributed by atoms with van der Waals surface area (Å²) in [6.07, 6.45) is 2.48. The lowest BCUT2D eigenvalue weighted by Crippen LogP contribution is -2.38. The number of benzene rings is 3. The number of amides is 2. The Morgan fingerprint density at radius 1 is 0.875 bits per heavy atom. The number of likely N-dealkylation sites (N-methyl/N-ethyl adjacent to an activating group) is 1. The number of hydrogen-bond acceptors (Lipinski definition) is 2. The molecule has 0 bridgehead atoms. The number of fused-ring (bicyclic) bond motifs is 1. The molecule has 0 aliphatic rings. The Morgan fingerprint density at radius 2 is 1.47 bits per heavy atom. The first kappa shape index (κ1) is 21.4. The number of nitrogens with zero attached hydrogens (tertiary/aromatic N) is 1. The van der Waals surface area contributed by atoms with E-state index in [0.29, 0.717) is 12.1 Å². The van der Waals surface area contributed by atoms with Gasteiger partial charge in [-0.15, -0.1) is 0 Å². The van der Waals surface area contributed by atoms with Crippen LogP contribution in [0.15, 0.2) is 91.1 Å². The summed E-state index contributed by atoms with van der Waals surface area (Å²) < 4.78 is 0. The van der Waals surface area contributed by atoms with Crippen LogP contribution in [-0.2, 0) is 4.79 Å². The highest BCUT2D eigenvalue weighted by Gasteiger charge is 2.19. The molecule has 0 saturated carbocycles. The number of hydrogen-bond donors (Lipinski definition) is 2. The van der Waals surface area contributed by atoms with Gasteiger partial charge in [0.25, 0.3) is 5.91 Å². The quantitative estimate of drug-likeness (QED) is 0.434. The van der Waals surface area contributed by atoms with Crippen LogP contribution < -0.4 is 5.32 Å². The molecule has 5 nitrogen and oxygen atoms in total. The molecule has 0 atom stereocenters. The Morgan fingerprint density at radius 3 is 2.12 bits per heavy atom. The van der Waals surface area contributed by atoms with Crippen molar-refractivity contribution in [3.63, 3.8) is 0 Å². The zero-order valence-electron chi connectivity index (χ0n) is 18.1. The lowest BCUT2D eigenvalue weighted by molar-refractivity contribution is -0.121. The standard InChI is InChI=1S/C27H27N3O2/c1-30(27(32)24-18-29-25-15-9-8-14-23(24)25)19-26(31)28-17-16-22(20-10-4-2-5-11-20)21-12-6-3-7-13-21/h2-15,18,22,29H,16-17,19H2,1H3,(H,28,31). The Hall–Kier alpha value is -3.86. The minimum atomic E-state index is -0.177. The first-order chi connectivity index (χ1) is 15.6. The first-order valence-corrected chi connectivity index (χ1v) is 10.8. The molecule has 5 heteroatoms.